The van der Waals surface area contributed by atoms with Crippen LogP contribution in [-0.4, -0.2) is 9.55 Å². The Hall–Kier alpha value is -2.01. The van der Waals surface area contributed by atoms with Crippen molar-refractivity contribution in [3.63, 3.8) is 0 Å². The van der Waals surface area contributed by atoms with Gasteiger partial charge in [0.2, 0.25) is 0 Å². The van der Waals surface area contributed by atoms with E-state index in [9.17, 15) is 9.18 Å². The highest BCUT2D eigenvalue weighted by Crippen LogP contribution is 2.22. The second kappa shape index (κ2) is 4.83. The molecule has 0 aliphatic heterocycles. The molecule has 3 nitrogen and oxygen atoms in total. The van der Waals surface area contributed by atoms with Gasteiger partial charge in [0.05, 0.1) is 16.6 Å². The van der Waals surface area contributed by atoms with Gasteiger partial charge in [-0.05, 0) is 36.8 Å². The van der Waals surface area contributed by atoms with E-state index < -0.39 is 5.82 Å². The van der Waals surface area contributed by atoms with Crippen LogP contribution >= 0.6 is 15.9 Å². The smallest absolute Gasteiger partial charge is 0.265 e. The zero-order chi connectivity index (χ0) is 14.3. The normalized spacial score (nSPS) is 10.9. The van der Waals surface area contributed by atoms with E-state index >= 15 is 0 Å². The standard InChI is InChI=1S/C15H10BrFN2O/c1-9-12(16)3-2-4-14(9)19-8-18-13-7-10(17)5-6-11(13)15(19)20/h2-8H,1H3. The molecule has 1 aromatic heterocycles. The van der Waals surface area contributed by atoms with E-state index in [1.165, 1.54) is 29.1 Å². The van der Waals surface area contributed by atoms with E-state index in [1.807, 2.05) is 25.1 Å². The SMILES string of the molecule is Cc1c(Br)cccc1-n1cnc2cc(F)ccc2c1=O. The highest BCUT2D eigenvalue weighted by molar-refractivity contribution is 9.10. The molecule has 0 aliphatic carbocycles. The third-order valence-electron chi connectivity index (χ3n) is 3.22. The van der Waals surface area contributed by atoms with Gasteiger partial charge < -0.3 is 0 Å². The van der Waals surface area contributed by atoms with Crippen LogP contribution < -0.4 is 5.56 Å². The van der Waals surface area contributed by atoms with Gasteiger partial charge in [0.25, 0.3) is 5.56 Å². The molecule has 0 bridgehead atoms. The van der Waals surface area contributed by atoms with E-state index in [2.05, 4.69) is 20.9 Å². The molecule has 2 aromatic carbocycles. The number of nitrogens with zero attached hydrogens (tertiary/aromatic N) is 2. The molecule has 0 N–H and O–H groups in total. The van der Waals surface area contributed by atoms with Gasteiger partial charge in [0.1, 0.15) is 12.1 Å². The molecule has 1 heterocycles. The van der Waals surface area contributed by atoms with Crippen molar-refractivity contribution in [3.8, 4) is 5.69 Å². The van der Waals surface area contributed by atoms with Crippen molar-refractivity contribution in [1.29, 1.82) is 0 Å². The van der Waals surface area contributed by atoms with E-state index in [4.69, 9.17) is 0 Å². The molecule has 0 aliphatic rings. The number of halogens is 2. The van der Waals surface area contributed by atoms with Gasteiger partial charge in [-0.15, -0.1) is 0 Å². The molecule has 0 fully saturated rings. The topological polar surface area (TPSA) is 34.9 Å². The fourth-order valence-corrected chi connectivity index (χ4v) is 2.48. The molecule has 5 heteroatoms. The second-order valence-corrected chi connectivity index (χ2v) is 5.32. The first-order valence-corrected chi connectivity index (χ1v) is 6.79. The predicted octanol–water partition coefficient (Wildman–Crippen LogP) is 3.60. The Bertz CT molecular complexity index is 873. The number of rotatable bonds is 1. The van der Waals surface area contributed by atoms with Crippen LogP contribution in [0.4, 0.5) is 4.39 Å². The van der Waals surface area contributed by atoms with Crippen LogP contribution in [0.25, 0.3) is 16.6 Å². The summed E-state index contributed by atoms with van der Waals surface area (Å²) in [5.41, 5.74) is 1.84. The first-order valence-electron chi connectivity index (χ1n) is 6.00. The largest absolute Gasteiger partial charge is 0.268 e. The lowest BCUT2D eigenvalue weighted by Gasteiger charge is -2.10. The maximum absolute atomic E-state index is 13.2. The first kappa shape index (κ1) is 13.0. The lowest BCUT2D eigenvalue weighted by Crippen LogP contribution is -2.19. The summed E-state index contributed by atoms with van der Waals surface area (Å²) in [6.45, 7) is 1.92. The van der Waals surface area contributed by atoms with Crippen molar-refractivity contribution in [1.82, 2.24) is 9.55 Å². The Balaban J connectivity index is 2.33. The van der Waals surface area contributed by atoms with E-state index in [1.54, 1.807) is 0 Å². The van der Waals surface area contributed by atoms with Crippen molar-refractivity contribution >= 4 is 26.8 Å². The Morgan fingerprint density at radius 1 is 1.25 bits per heavy atom. The van der Waals surface area contributed by atoms with Gasteiger partial charge in [-0.3, -0.25) is 9.36 Å². The minimum absolute atomic E-state index is 0.212. The zero-order valence-corrected chi connectivity index (χ0v) is 12.2. The van der Waals surface area contributed by atoms with Crippen molar-refractivity contribution in [2.75, 3.05) is 0 Å². The molecular formula is C15H10BrFN2O. The summed E-state index contributed by atoms with van der Waals surface area (Å²) in [5.74, 6) is -0.402. The van der Waals surface area contributed by atoms with Crippen molar-refractivity contribution in [2.24, 2.45) is 0 Å². The number of benzene rings is 2. The molecule has 0 spiro atoms. The quantitative estimate of drug-likeness (QED) is 0.682. The second-order valence-electron chi connectivity index (χ2n) is 4.47. The Morgan fingerprint density at radius 2 is 2.05 bits per heavy atom. The lowest BCUT2D eigenvalue weighted by atomic mass is 10.2. The first-order chi connectivity index (χ1) is 9.58. The molecule has 3 rings (SSSR count). The van der Waals surface area contributed by atoms with Crippen LogP contribution in [-0.2, 0) is 0 Å². The average Bonchev–Trinajstić information content (AvgIpc) is 2.43. The molecular weight excluding hydrogens is 323 g/mol. The van der Waals surface area contributed by atoms with Gasteiger partial charge in [-0.25, -0.2) is 9.37 Å². The Morgan fingerprint density at radius 3 is 2.85 bits per heavy atom. The molecule has 0 atom stereocenters. The minimum Gasteiger partial charge on any atom is -0.268 e. The Labute approximate surface area is 122 Å². The Kier molecular flexibility index (Phi) is 3.14. The third kappa shape index (κ3) is 2.04. The highest BCUT2D eigenvalue weighted by Gasteiger charge is 2.09. The fraction of sp³-hybridized carbons (Fsp3) is 0.0667. The predicted molar refractivity (Wildman–Crippen MR) is 79.7 cm³/mol. The number of hydrogen-bond donors (Lipinski definition) is 0. The maximum atomic E-state index is 13.2. The van der Waals surface area contributed by atoms with E-state index in [-0.39, 0.29) is 5.56 Å². The zero-order valence-electron chi connectivity index (χ0n) is 10.6. The van der Waals surface area contributed by atoms with Crippen molar-refractivity contribution in [2.45, 2.75) is 6.92 Å². The number of hydrogen-bond acceptors (Lipinski definition) is 2. The van der Waals surface area contributed by atoms with Crippen LogP contribution in [0, 0.1) is 12.7 Å². The summed E-state index contributed by atoms with van der Waals surface area (Å²) >= 11 is 3.44. The molecule has 0 saturated carbocycles. The molecule has 0 saturated heterocycles. The summed E-state index contributed by atoms with van der Waals surface area (Å²) in [5, 5.41) is 0.397. The van der Waals surface area contributed by atoms with Crippen LogP contribution in [0.5, 0.6) is 0 Å². The summed E-state index contributed by atoms with van der Waals surface area (Å²) in [6, 6.07) is 9.60. The summed E-state index contributed by atoms with van der Waals surface area (Å²) in [4.78, 5) is 16.6. The van der Waals surface area contributed by atoms with Gasteiger partial charge >= 0.3 is 0 Å². The minimum atomic E-state index is -0.402. The van der Waals surface area contributed by atoms with Crippen LogP contribution in [0.3, 0.4) is 0 Å². The van der Waals surface area contributed by atoms with E-state index in [0.29, 0.717) is 10.9 Å². The number of fused-ring (bicyclic) bond motifs is 1. The monoisotopic (exact) mass is 332 g/mol. The van der Waals surface area contributed by atoms with Crippen LogP contribution in [0.15, 0.2) is 52.0 Å². The van der Waals surface area contributed by atoms with Gasteiger partial charge in [0.15, 0.2) is 0 Å². The lowest BCUT2D eigenvalue weighted by molar-refractivity contribution is 0.629. The highest BCUT2D eigenvalue weighted by atomic mass is 79.9. The van der Waals surface area contributed by atoms with Crippen molar-refractivity contribution < 1.29 is 4.39 Å². The summed E-state index contributed by atoms with van der Waals surface area (Å²) in [7, 11) is 0. The third-order valence-corrected chi connectivity index (χ3v) is 4.08. The average molecular weight is 333 g/mol. The van der Waals surface area contributed by atoms with Gasteiger partial charge in [-0.2, -0.15) is 0 Å². The molecule has 3 aromatic rings. The molecule has 20 heavy (non-hydrogen) atoms. The maximum Gasteiger partial charge on any atom is 0.265 e. The van der Waals surface area contributed by atoms with Gasteiger partial charge in [0, 0.05) is 10.5 Å². The van der Waals surface area contributed by atoms with Crippen LogP contribution in [0.2, 0.25) is 0 Å². The number of aromatic nitrogens is 2. The molecule has 100 valence electrons. The van der Waals surface area contributed by atoms with Crippen LogP contribution in [0.1, 0.15) is 5.56 Å². The summed E-state index contributed by atoms with van der Waals surface area (Å²) < 4.78 is 15.5. The van der Waals surface area contributed by atoms with E-state index in [0.717, 1.165) is 15.7 Å². The molecule has 0 amide bonds. The molecule has 0 radical (unpaired) electrons. The fourth-order valence-electron chi connectivity index (χ4n) is 2.12. The summed E-state index contributed by atoms with van der Waals surface area (Å²) in [6.07, 6.45) is 1.43. The molecule has 0 unspecified atom stereocenters. The van der Waals surface area contributed by atoms with Gasteiger partial charge in [-0.1, -0.05) is 22.0 Å². The van der Waals surface area contributed by atoms with Crippen molar-refractivity contribution in [3.05, 3.63) is 68.9 Å².